The van der Waals surface area contributed by atoms with Gasteiger partial charge in [-0.25, -0.2) is 9.97 Å². The minimum absolute atomic E-state index is 0.0646. The number of hydrogen-bond donors (Lipinski definition) is 2. The van der Waals surface area contributed by atoms with Crippen LogP contribution < -0.4 is 15.4 Å². The minimum atomic E-state index is -0.541. The lowest BCUT2D eigenvalue weighted by molar-refractivity contribution is -0.383. The van der Waals surface area contributed by atoms with Gasteiger partial charge in [-0.05, 0) is 36.4 Å². The molecule has 9 heteroatoms. The Morgan fingerprint density at radius 3 is 2.31 bits per heavy atom. The molecule has 2 aromatic carbocycles. The van der Waals surface area contributed by atoms with Gasteiger partial charge in [-0.15, -0.1) is 0 Å². The fourth-order valence-corrected chi connectivity index (χ4v) is 2.37. The number of benzene rings is 2. The van der Waals surface area contributed by atoms with Crippen LogP contribution in [0, 0.1) is 10.1 Å². The molecule has 0 aliphatic heterocycles. The van der Waals surface area contributed by atoms with Crippen molar-refractivity contribution >= 4 is 40.3 Å². The van der Waals surface area contributed by atoms with E-state index in [0.717, 1.165) is 0 Å². The van der Waals surface area contributed by atoms with Crippen molar-refractivity contribution in [2.24, 2.45) is 0 Å². The average molecular weight is 372 g/mol. The summed E-state index contributed by atoms with van der Waals surface area (Å²) in [5, 5.41) is 18.0. The highest BCUT2D eigenvalue weighted by atomic mass is 35.5. The summed E-state index contributed by atoms with van der Waals surface area (Å²) < 4.78 is 5.15. The van der Waals surface area contributed by atoms with E-state index in [1.165, 1.54) is 6.33 Å². The molecule has 0 radical (unpaired) electrons. The maximum atomic E-state index is 11.6. The molecule has 0 atom stereocenters. The van der Waals surface area contributed by atoms with Crippen LogP contribution in [-0.4, -0.2) is 22.0 Å². The maximum absolute atomic E-state index is 11.6. The Morgan fingerprint density at radius 2 is 1.69 bits per heavy atom. The molecule has 0 amide bonds. The van der Waals surface area contributed by atoms with Gasteiger partial charge in [0, 0.05) is 22.5 Å². The first-order valence-corrected chi connectivity index (χ1v) is 7.87. The molecular weight excluding hydrogens is 358 g/mol. The molecule has 1 heterocycles. The van der Waals surface area contributed by atoms with E-state index in [1.54, 1.807) is 55.6 Å². The third-order valence-electron chi connectivity index (χ3n) is 3.44. The van der Waals surface area contributed by atoms with E-state index in [4.69, 9.17) is 16.3 Å². The van der Waals surface area contributed by atoms with Crippen LogP contribution >= 0.6 is 11.6 Å². The van der Waals surface area contributed by atoms with Crippen LogP contribution in [-0.2, 0) is 0 Å². The molecule has 0 spiro atoms. The van der Waals surface area contributed by atoms with E-state index in [0.29, 0.717) is 22.1 Å². The summed E-state index contributed by atoms with van der Waals surface area (Å²) in [6.07, 6.45) is 1.24. The van der Waals surface area contributed by atoms with Gasteiger partial charge in [0.15, 0.2) is 0 Å². The summed E-state index contributed by atoms with van der Waals surface area (Å²) in [7, 11) is 1.54. The van der Waals surface area contributed by atoms with E-state index in [-0.39, 0.29) is 17.3 Å². The first-order valence-electron chi connectivity index (χ1n) is 7.50. The summed E-state index contributed by atoms with van der Waals surface area (Å²) in [6.45, 7) is 0. The minimum Gasteiger partial charge on any atom is -0.497 e. The monoisotopic (exact) mass is 371 g/mol. The summed E-state index contributed by atoms with van der Waals surface area (Å²) in [5.41, 5.74) is 0.942. The van der Waals surface area contributed by atoms with Crippen LogP contribution in [0.25, 0.3) is 0 Å². The number of ether oxygens (including phenoxy) is 1. The van der Waals surface area contributed by atoms with Crippen LogP contribution in [0.3, 0.4) is 0 Å². The highest BCUT2D eigenvalue weighted by Gasteiger charge is 2.23. The predicted octanol–water partition coefficient (Wildman–Crippen LogP) is 4.53. The molecule has 0 aliphatic rings. The molecule has 0 bridgehead atoms. The fraction of sp³-hybridized carbons (Fsp3) is 0.0588. The Hall–Kier alpha value is -3.39. The van der Waals surface area contributed by atoms with Crippen LogP contribution in [0.1, 0.15) is 0 Å². The second kappa shape index (κ2) is 7.66. The Labute approximate surface area is 154 Å². The third kappa shape index (κ3) is 3.98. The standard InChI is InChI=1S/C17H14ClN5O3/c1-26-14-4-2-3-13(9-14)22-17-15(23(24)25)16(19-10-20-17)21-12-7-5-11(18)6-8-12/h2-10H,1H3,(H2,19,20,21,22). The quantitative estimate of drug-likeness (QED) is 0.484. The number of halogens is 1. The third-order valence-corrected chi connectivity index (χ3v) is 3.70. The normalized spacial score (nSPS) is 10.2. The van der Waals surface area contributed by atoms with Crippen molar-refractivity contribution < 1.29 is 9.66 Å². The van der Waals surface area contributed by atoms with Crippen molar-refractivity contribution in [2.45, 2.75) is 0 Å². The zero-order chi connectivity index (χ0) is 18.5. The van der Waals surface area contributed by atoms with Crippen molar-refractivity contribution in [3.63, 3.8) is 0 Å². The lowest BCUT2D eigenvalue weighted by Gasteiger charge is -2.11. The smallest absolute Gasteiger partial charge is 0.353 e. The molecule has 132 valence electrons. The summed E-state index contributed by atoms with van der Waals surface area (Å²) in [5.74, 6) is 0.749. The second-order valence-corrected chi connectivity index (χ2v) is 5.60. The Morgan fingerprint density at radius 1 is 1.04 bits per heavy atom. The SMILES string of the molecule is COc1cccc(Nc2ncnc(Nc3ccc(Cl)cc3)c2[N+](=O)[O-])c1. The lowest BCUT2D eigenvalue weighted by atomic mass is 10.3. The fourth-order valence-electron chi connectivity index (χ4n) is 2.24. The number of nitrogens with zero attached hydrogens (tertiary/aromatic N) is 3. The molecule has 0 unspecified atom stereocenters. The molecule has 3 rings (SSSR count). The molecule has 0 fully saturated rings. The maximum Gasteiger partial charge on any atom is 0.353 e. The van der Waals surface area contributed by atoms with E-state index in [1.807, 2.05) is 0 Å². The number of anilines is 4. The molecule has 0 saturated heterocycles. The summed E-state index contributed by atoms with van der Waals surface area (Å²) in [6, 6.07) is 13.7. The first kappa shape index (κ1) is 17.4. The van der Waals surface area contributed by atoms with E-state index >= 15 is 0 Å². The van der Waals surface area contributed by atoms with Crippen LogP contribution in [0.5, 0.6) is 5.75 Å². The first-order chi connectivity index (χ1) is 12.6. The van der Waals surface area contributed by atoms with Gasteiger partial charge in [-0.3, -0.25) is 10.1 Å². The number of nitrogens with one attached hydrogen (secondary N) is 2. The van der Waals surface area contributed by atoms with Gasteiger partial charge in [0.05, 0.1) is 12.0 Å². The number of nitro groups is 1. The van der Waals surface area contributed by atoms with Crippen molar-refractivity contribution in [3.8, 4) is 5.75 Å². The van der Waals surface area contributed by atoms with Crippen LogP contribution in [0.15, 0.2) is 54.9 Å². The van der Waals surface area contributed by atoms with Crippen molar-refractivity contribution in [3.05, 3.63) is 70.0 Å². The molecule has 3 aromatic rings. The molecule has 2 N–H and O–H groups in total. The molecule has 0 aliphatic carbocycles. The van der Waals surface area contributed by atoms with Gasteiger partial charge >= 0.3 is 5.69 Å². The highest BCUT2D eigenvalue weighted by Crippen LogP contribution is 2.33. The van der Waals surface area contributed by atoms with E-state index in [2.05, 4.69) is 20.6 Å². The highest BCUT2D eigenvalue weighted by molar-refractivity contribution is 6.30. The van der Waals surface area contributed by atoms with Crippen LogP contribution in [0.2, 0.25) is 5.02 Å². The lowest BCUT2D eigenvalue weighted by Crippen LogP contribution is -2.05. The van der Waals surface area contributed by atoms with Gasteiger partial charge in [0.1, 0.15) is 12.1 Å². The van der Waals surface area contributed by atoms with Crippen LogP contribution in [0.4, 0.5) is 28.7 Å². The second-order valence-electron chi connectivity index (χ2n) is 5.17. The van der Waals surface area contributed by atoms with E-state index < -0.39 is 4.92 Å². The van der Waals surface area contributed by atoms with Gasteiger partial charge in [0.25, 0.3) is 0 Å². The largest absolute Gasteiger partial charge is 0.497 e. The number of aromatic nitrogens is 2. The number of methoxy groups -OCH3 is 1. The van der Waals surface area contributed by atoms with Crippen molar-refractivity contribution in [2.75, 3.05) is 17.7 Å². The predicted molar refractivity (Wildman–Crippen MR) is 99.7 cm³/mol. The number of hydrogen-bond acceptors (Lipinski definition) is 7. The molecule has 26 heavy (non-hydrogen) atoms. The molecule has 8 nitrogen and oxygen atoms in total. The summed E-state index contributed by atoms with van der Waals surface area (Å²) >= 11 is 5.85. The van der Waals surface area contributed by atoms with Gasteiger partial charge < -0.3 is 15.4 Å². The zero-order valence-corrected chi connectivity index (χ0v) is 14.4. The zero-order valence-electron chi connectivity index (χ0n) is 13.6. The Balaban J connectivity index is 1.95. The Bertz CT molecular complexity index is 934. The average Bonchev–Trinajstić information content (AvgIpc) is 2.64. The Kier molecular flexibility index (Phi) is 5.14. The summed E-state index contributed by atoms with van der Waals surface area (Å²) in [4.78, 5) is 19.1. The van der Waals surface area contributed by atoms with Crippen molar-refractivity contribution in [1.29, 1.82) is 0 Å². The number of rotatable bonds is 6. The topological polar surface area (TPSA) is 102 Å². The van der Waals surface area contributed by atoms with Gasteiger partial charge in [0.2, 0.25) is 11.6 Å². The van der Waals surface area contributed by atoms with Crippen molar-refractivity contribution in [1.82, 2.24) is 9.97 Å². The van der Waals surface area contributed by atoms with E-state index in [9.17, 15) is 10.1 Å². The molecule has 1 aromatic heterocycles. The molecular formula is C17H14ClN5O3. The van der Waals surface area contributed by atoms with Gasteiger partial charge in [-0.2, -0.15) is 0 Å². The van der Waals surface area contributed by atoms with Gasteiger partial charge in [-0.1, -0.05) is 17.7 Å². The molecule has 0 saturated carbocycles.